The predicted molar refractivity (Wildman–Crippen MR) is 89.2 cm³/mol. The molecule has 0 aromatic carbocycles. The topological polar surface area (TPSA) is 61.9 Å². The molecule has 1 aliphatic carbocycles. The van der Waals surface area contributed by atoms with Crippen LogP contribution in [0.5, 0.6) is 0 Å². The van der Waals surface area contributed by atoms with E-state index in [1.165, 1.54) is 0 Å². The highest BCUT2D eigenvalue weighted by atomic mass is 16.6. The highest BCUT2D eigenvalue weighted by Crippen LogP contribution is 2.26. The van der Waals surface area contributed by atoms with Gasteiger partial charge in [-0.1, -0.05) is 6.42 Å². The van der Waals surface area contributed by atoms with Crippen molar-refractivity contribution in [1.82, 2.24) is 15.1 Å². The maximum atomic E-state index is 12.7. The third kappa shape index (κ3) is 5.68. The maximum absolute atomic E-state index is 12.7. The zero-order valence-corrected chi connectivity index (χ0v) is 14.9. The summed E-state index contributed by atoms with van der Waals surface area (Å²) in [6, 6.07) is 0.0417. The summed E-state index contributed by atoms with van der Waals surface area (Å²) in [6.07, 6.45) is 3.17. The van der Waals surface area contributed by atoms with Crippen molar-refractivity contribution in [2.24, 2.45) is 5.92 Å². The second-order valence-corrected chi connectivity index (χ2v) is 7.84. The van der Waals surface area contributed by atoms with Gasteiger partial charge in [0.1, 0.15) is 5.60 Å². The van der Waals surface area contributed by atoms with E-state index < -0.39 is 5.60 Å². The van der Waals surface area contributed by atoms with Crippen molar-refractivity contribution in [2.45, 2.75) is 58.1 Å². The molecule has 0 aromatic rings. The minimum atomic E-state index is -0.492. The minimum absolute atomic E-state index is 0.0343. The molecular formula is C17H31N3O3. The molecule has 2 rings (SSSR count). The molecule has 1 aliphatic heterocycles. The summed E-state index contributed by atoms with van der Waals surface area (Å²) in [7, 11) is 2.09. The first-order valence-corrected chi connectivity index (χ1v) is 8.71. The molecule has 0 bridgehead atoms. The Morgan fingerprint density at radius 1 is 1.09 bits per heavy atom. The van der Waals surface area contributed by atoms with Crippen molar-refractivity contribution in [2.75, 3.05) is 33.2 Å². The van der Waals surface area contributed by atoms with Gasteiger partial charge in [0.25, 0.3) is 0 Å². The lowest BCUT2D eigenvalue weighted by Gasteiger charge is -2.37. The molecule has 2 aliphatic rings. The number of hydrogen-bond donors (Lipinski definition) is 1. The molecule has 0 aromatic heterocycles. The van der Waals surface area contributed by atoms with Gasteiger partial charge in [-0.3, -0.25) is 4.79 Å². The van der Waals surface area contributed by atoms with Crippen molar-refractivity contribution < 1.29 is 14.3 Å². The summed E-state index contributed by atoms with van der Waals surface area (Å²) in [5.41, 5.74) is -0.492. The zero-order valence-electron chi connectivity index (χ0n) is 14.9. The summed E-state index contributed by atoms with van der Waals surface area (Å²) in [5, 5.41) is 2.93. The quantitative estimate of drug-likeness (QED) is 0.841. The minimum Gasteiger partial charge on any atom is -0.444 e. The summed E-state index contributed by atoms with van der Waals surface area (Å²) in [6.45, 7) is 9.08. The Balaban J connectivity index is 1.83. The largest absolute Gasteiger partial charge is 0.444 e. The number of alkyl carbamates (subject to hydrolysis) is 1. The summed E-state index contributed by atoms with van der Waals surface area (Å²) in [5.74, 6) is 0.292. The molecule has 2 atom stereocenters. The van der Waals surface area contributed by atoms with Gasteiger partial charge in [-0.15, -0.1) is 0 Å². The highest BCUT2D eigenvalue weighted by Gasteiger charge is 2.32. The Bertz CT molecular complexity index is 425. The van der Waals surface area contributed by atoms with Crippen molar-refractivity contribution >= 4 is 12.0 Å². The monoisotopic (exact) mass is 325 g/mol. The summed E-state index contributed by atoms with van der Waals surface area (Å²) in [4.78, 5) is 28.8. The second kappa shape index (κ2) is 7.51. The average molecular weight is 325 g/mol. The van der Waals surface area contributed by atoms with Crippen molar-refractivity contribution in [1.29, 1.82) is 0 Å². The average Bonchev–Trinajstić information content (AvgIpc) is 2.45. The first kappa shape index (κ1) is 18.0. The molecule has 1 heterocycles. The molecule has 23 heavy (non-hydrogen) atoms. The number of nitrogens with zero attached hydrogens (tertiary/aromatic N) is 2. The van der Waals surface area contributed by atoms with E-state index in [0.717, 1.165) is 51.9 Å². The normalized spacial score (nSPS) is 26.7. The number of ether oxygens (including phenoxy) is 1. The van der Waals surface area contributed by atoms with E-state index in [1.807, 2.05) is 25.7 Å². The molecule has 6 nitrogen and oxygen atoms in total. The van der Waals surface area contributed by atoms with Crippen molar-refractivity contribution in [3.8, 4) is 0 Å². The molecule has 6 heteroatoms. The van der Waals surface area contributed by atoms with E-state index in [4.69, 9.17) is 4.74 Å². The molecule has 0 radical (unpaired) electrons. The predicted octanol–water partition coefficient (Wildman–Crippen LogP) is 1.84. The molecule has 1 N–H and O–H groups in total. The van der Waals surface area contributed by atoms with Gasteiger partial charge in [0.05, 0.1) is 0 Å². The van der Waals surface area contributed by atoms with E-state index in [1.54, 1.807) is 0 Å². The van der Waals surface area contributed by atoms with Gasteiger partial charge in [-0.05, 0) is 47.1 Å². The SMILES string of the molecule is CN1CCN(C(=O)C2CCC[C@@H](NC(=O)OC(C)(C)C)C2)CC1. The zero-order chi connectivity index (χ0) is 17.0. The van der Waals surface area contributed by atoms with Crippen molar-refractivity contribution in [3.63, 3.8) is 0 Å². The van der Waals surface area contributed by atoms with Gasteiger partial charge in [-0.2, -0.15) is 0 Å². The molecule has 1 saturated heterocycles. The number of piperazine rings is 1. The van der Waals surface area contributed by atoms with Crippen LogP contribution in [0.2, 0.25) is 0 Å². The second-order valence-electron chi connectivity index (χ2n) is 7.84. The van der Waals surface area contributed by atoms with Crippen LogP contribution < -0.4 is 5.32 Å². The van der Waals surface area contributed by atoms with Crippen LogP contribution in [0.4, 0.5) is 4.79 Å². The molecular weight excluding hydrogens is 294 g/mol. The first-order chi connectivity index (χ1) is 10.7. The number of carbonyl (C=O) groups is 2. The standard InChI is InChI=1S/C17H31N3O3/c1-17(2,3)23-16(22)18-14-7-5-6-13(12-14)15(21)20-10-8-19(4)9-11-20/h13-14H,5-12H2,1-4H3,(H,18,22)/t13?,14-/m1/s1. The van der Waals surface area contributed by atoms with E-state index in [2.05, 4.69) is 17.3 Å². The maximum Gasteiger partial charge on any atom is 0.407 e. The van der Waals surface area contributed by atoms with E-state index in [0.29, 0.717) is 0 Å². The van der Waals surface area contributed by atoms with Crippen LogP contribution in [0.25, 0.3) is 0 Å². The Morgan fingerprint density at radius 2 is 1.74 bits per heavy atom. The van der Waals surface area contributed by atoms with Gasteiger partial charge < -0.3 is 19.9 Å². The fourth-order valence-corrected chi connectivity index (χ4v) is 3.30. The molecule has 2 fully saturated rings. The molecule has 1 saturated carbocycles. The molecule has 1 unspecified atom stereocenters. The number of rotatable bonds is 2. The lowest BCUT2D eigenvalue weighted by molar-refractivity contribution is -0.138. The van der Waals surface area contributed by atoms with Crippen LogP contribution in [0.3, 0.4) is 0 Å². The number of carbonyl (C=O) groups excluding carboxylic acids is 2. The first-order valence-electron chi connectivity index (χ1n) is 8.71. The van der Waals surface area contributed by atoms with E-state index in [9.17, 15) is 9.59 Å². The van der Waals surface area contributed by atoms with E-state index in [-0.39, 0.29) is 24.0 Å². The third-order valence-electron chi connectivity index (χ3n) is 4.56. The lowest BCUT2D eigenvalue weighted by atomic mass is 9.84. The van der Waals surface area contributed by atoms with Crippen LogP contribution in [0.15, 0.2) is 0 Å². The van der Waals surface area contributed by atoms with Crippen LogP contribution in [-0.2, 0) is 9.53 Å². The Morgan fingerprint density at radius 3 is 2.35 bits per heavy atom. The van der Waals surface area contributed by atoms with Gasteiger partial charge in [0, 0.05) is 38.1 Å². The number of likely N-dealkylation sites (N-methyl/N-ethyl adjacent to an activating group) is 1. The van der Waals surface area contributed by atoms with Crippen LogP contribution in [0, 0.1) is 5.92 Å². The van der Waals surface area contributed by atoms with Gasteiger partial charge >= 0.3 is 6.09 Å². The van der Waals surface area contributed by atoms with Gasteiger partial charge in [0.15, 0.2) is 0 Å². The molecule has 2 amide bonds. The van der Waals surface area contributed by atoms with Gasteiger partial charge in [-0.25, -0.2) is 4.79 Å². The molecule has 0 spiro atoms. The summed E-state index contributed by atoms with van der Waals surface area (Å²) >= 11 is 0. The number of hydrogen-bond acceptors (Lipinski definition) is 4. The fraction of sp³-hybridized carbons (Fsp3) is 0.882. The molecule has 132 valence electrons. The number of amides is 2. The lowest BCUT2D eigenvalue weighted by Crippen LogP contribution is -2.50. The Kier molecular flexibility index (Phi) is 5.89. The summed E-state index contributed by atoms with van der Waals surface area (Å²) < 4.78 is 5.31. The Hall–Kier alpha value is -1.30. The van der Waals surface area contributed by atoms with Crippen LogP contribution in [0.1, 0.15) is 46.5 Å². The fourth-order valence-electron chi connectivity index (χ4n) is 3.30. The van der Waals surface area contributed by atoms with Crippen LogP contribution >= 0.6 is 0 Å². The van der Waals surface area contributed by atoms with E-state index >= 15 is 0 Å². The third-order valence-corrected chi connectivity index (χ3v) is 4.56. The Labute approximate surface area is 139 Å². The number of nitrogens with one attached hydrogen (secondary N) is 1. The van der Waals surface area contributed by atoms with Crippen LogP contribution in [-0.4, -0.2) is 66.7 Å². The van der Waals surface area contributed by atoms with Gasteiger partial charge in [0.2, 0.25) is 5.91 Å². The highest BCUT2D eigenvalue weighted by molar-refractivity contribution is 5.79. The smallest absolute Gasteiger partial charge is 0.407 e. The van der Waals surface area contributed by atoms with Crippen molar-refractivity contribution in [3.05, 3.63) is 0 Å².